The number of hydrogen-bond donors (Lipinski definition) is 2. The SMILES string of the molecule is COc1ccc(Cl)c(Cl)c1C(NC(=O)C1CNC1)c1ccncc1. The van der Waals surface area contributed by atoms with E-state index in [-0.39, 0.29) is 11.8 Å². The Hall–Kier alpha value is -1.82. The molecule has 1 aromatic heterocycles. The fourth-order valence-corrected chi connectivity index (χ4v) is 3.04. The Labute approximate surface area is 150 Å². The lowest BCUT2D eigenvalue weighted by atomic mass is 9.96. The average Bonchev–Trinajstić information content (AvgIpc) is 2.54. The predicted molar refractivity (Wildman–Crippen MR) is 93.6 cm³/mol. The maximum Gasteiger partial charge on any atom is 0.226 e. The molecule has 0 radical (unpaired) electrons. The van der Waals surface area contributed by atoms with E-state index in [1.165, 1.54) is 0 Å². The minimum Gasteiger partial charge on any atom is -0.496 e. The highest BCUT2D eigenvalue weighted by molar-refractivity contribution is 6.42. The second kappa shape index (κ2) is 7.38. The van der Waals surface area contributed by atoms with Gasteiger partial charge in [-0.1, -0.05) is 23.2 Å². The van der Waals surface area contributed by atoms with Crippen LogP contribution < -0.4 is 15.4 Å². The molecule has 1 atom stereocenters. The van der Waals surface area contributed by atoms with E-state index in [1.54, 1.807) is 31.6 Å². The zero-order valence-corrected chi connectivity index (χ0v) is 14.6. The number of amides is 1. The van der Waals surface area contributed by atoms with Crippen LogP contribution in [-0.2, 0) is 4.79 Å². The van der Waals surface area contributed by atoms with Crippen molar-refractivity contribution < 1.29 is 9.53 Å². The summed E-state index contributed by atoms with van der Waals surface area (Å²) in [6, 6.07) is 6.62. The number of hydrogen-bond acceptors (Lipinski definition) is 4. The summed E-state index contributed by atoms with van der Waals surface area (Å²) in [5.74, 6) is 0.491. The van der Waals surface area contributed by atoms with Crippen molar-refractivity contribution in [2.45, 2.75) is 6.04 Å². The molecule has 0 aliphatic carbocycles. The quantitative estimate of drug-likeness (QED) is 0.854. The highest BCUT2D eigenvalue weighted by atomic mass is 35.5. The van der Waals surface area contributed by atoms with Gasteiger partial charge in [0.2, 0.25) is 5.91 Å². The van der Waals surface area contributed by atoms with Crippen LogP contribution in [-0.4, -0.2) is 31.1 Å². The van der Waals surface area contributed by atoms with Gasteiger partial charge in [0.25, 0.3) is 0 Å². The van der Waals surface area contributed by atoms with Crippen molar-refractivity contribution in [2.24, 2.45) is 5.92 Å². The van der Waals surface area contributed by atoms with Gasteiger partial charge < -0.3 is 15.4 Å². The molecule has 1 fully saturated rings. The molecule has 0 bridgehead atoms. The van der Waals surface area contributed by atoms with E-state index in [4.69, 9.17) is 27.9 Å². The number of rotatable bonds is 5. The van der Waals surface area contributed by atoms with Gasteiger partial charge in [-0.3, -0.25) is 9.78 Å². The third-order valence-corrected chi connectivity index (χ3v) is 4.90. The van der Waals surface area contributed by atoms with Crippen molar-refractivity contribution in [3.8, 4) is 5.75 Å². The molecule has 1 saturated heterocycles. The number of nitrogens with zero attached hydrogens (tertiary/aromatic N) is 1. The topological polar surface area (TPSA) is 63.2 Å². The molecule has 1 aliphatic rings. The minimum atomic E-state index is -0.470. The molecule has 1 unspecified atom stereocenters. The first kappa shape index (κ1) is 17.0. The first-order valence-electron chi connectivity index (χ1n) is 7.54. The molecule has 24 heavy (non-hydrogen) atoms. The van der Waals surface area contributed by atoms with Gasteiger partial charge in [-0.05, 0) is 29.8 Å². The van der Waals surface area contributed by atoms with Crippen LogP contribution in [0.2, 0.25) is 10.0 Å². The molecule has 1 aromatic carbocycles. The summed E-state index contributed by atoms with van der Waals surface area (Å²) in [6.45, 7) is 1.35. The summed E-state index contributed by atoms with van der Waals surface area (Å²) >= 11 is 12.6. The van der Waals surface area contributed by atoms with Crippen LogP contribution in [0.1, 0.15) is 17.2 Å². The Balaban J connectivity index is 2.04. The molecule has 0 spiro atoms. The van der Waals surface area contributed by atoms with Crippen LogP contribution in [0.3, 0.4) is 0 Å². The Morgan fingerprint density at radius 3 is 2.58 bits per heavy atom. The first-order valence-corrected chi connectivity index (χ1v) is 8.30. The van der Waals surface area contributed by atoms with Crippen LogP contribution in [0.5, 0.6) is 5.75 Å². The van der Waals surface area contributed by atoms with Crippen molar-refractivity contribution in [1.29, 1.82) is 0 Å². The first-order chi connectivity index (χ1) is 11.6. The van der Waals surface area contributed by atoms with E-state index >= 15 is 0 Å². The average molecular weight is 366 g/mol. The summed E-state index contributed by atoms with van der Waals surface area (Å²) in [5, 5.41) is 6.93. The molecular weight excluding hydrogens is 349 g/mol. The zero-order valence-electron chi connectivity index (χ0n) is 13.1. The van der Waals surface area contributed by atoms with Gasteiger partial charge in [0.15, 0.2) is 0 Å². The van der Waals surface area contributed by atoms with E-state index in [9.17, 15) is 4.79 Å². The number of aromatic nitrogens is 1. The van der Waals surface area contributed by atoms with Crippen molar-refractivity contribution in [3.63, 3.8) is 0 Å². The maximum absolute atomic E-state index is 12.5. The van der Waals surface area contributed by atoms with E-state index in [0.29, 0.717) is 34.4 Å². The summed E-state index contributed by atoms with van der Waals surface area (Å²) in [5.41, 5.74) is 1.49. The Bertz CT molecular complexity index is 736. The number of carbonyl (C=O) groups is 1. The van der Waals surface area contributed by atoms with Crippen LogP contribution in [0.4, 0.5) is 0 Å². The van der Waals surface area contributed by atoms with Gasteiger partial charge in [-0.25, -0.2) is 0 Å². The van der Waals surface area contributed by atoms with E-state index < -0.39 is 6.04 Å². The number of ether oxygens (including phenoxy) is 1. The number of pyridine rings is 1. The molecular formula is C17H17Cl2N3O2. The Morgan fingerprint density at radius 1 is 1.29 bits per heavy atom. The van der Waals surface area contributed by atoms with E-state index in [1.807, 2.05) is 12.1 Å². The monoisotopic (exact) mass is 365 g/mol. The van der Waals surface area contributed by atoms with Gasteiger partial charge in [0.1, 0.15) is 5.75 Å². The maximum atomic E-state index is 12.5. The summed E-state index contributed by atoms with van der Waals surface area (Å²) < 4.78 is 5.44. The Morgan fingerprint density at radius 2 is 2.00 bits per heavy atom. The number of methoxy groups -OCH3 is 1. The smallest absolute Gasteiger partial charge is 0.226 e. The number of benzene rings is 1. The van der Waals surface area contributed by atoms with Crippen LogP contribution in [0.15, 0.2) is 36.7 Å². The standard InChI is InChI=1S/C17H17Cl2N3O2/c1-24-13-3-2-12(18)15(19)14(13)16(10-4-6-20-7-5-10)22-17(23)11-8-21-9-11/h2-7,11,16,21H,8-9H2,1H3,(H,22,23). The minimum absolute atomic E-state index is 0.0337. The third kappa shape index (κ3) is 3.34. The van der Waals surface area contributed by atoms with E-state index in [2.05, 4.69) is 15.6 Å². The second-order valence-corrected chi connectivity index (χ2v) is 6.34. The molecule has 1 aliphatic heterocycles. The van der Waals surface area contributed by atoms with E-state index in [0.717, 1.165) is 5.56 Å². The second-order valence-electron chi connectivity index (χ2n) is 5.55. The fourth-order valence-electron chi connectivity index (χ4n) is 2.61. The third-order valence-electron chi connectivity index (χ3n) is 4.08. The number of nitrogens with one attached hydrogen (secondary N) is 2. The number of carbonyl (C=O) groups excluding carboxylic acids is 1. The van der Waals surface area contributed by atoms with Gasteiger partial charge in [-0.15, -0.1) is 0 Å². The van der Waals surface area contributed by atoms with Gasteiger partial charge in [0.05, 0.1) is 29.1 Å². The molecule has 2 heterocycles. The summed E-state index contributed by atoms with van der Waals surface area (Å²) in [4.78, 5) is 16.5. The molecule has 3 rings (SSSR count). The highest BCUT2D eigenvalue weighted by Gasteiger charge is 2.30. The molecule has 0 saturated carbocycles. The van der Waals surface area contributed by atoms with Crippen LogP contribution >= 0.6 is 23.2 Å². The van der Waals surface area contributed by atoms with Crippen LogP contribution in [0.25, 0.3) is 0 Å². The molecule has 2 N–H and O–H groups in total. The normalized spacial score (nSPS) is 15.5. The van der Waals surface area contributed by atoms with Crippen molar-refractivity contribution in [1.82, 2.24) is 15.6 Å². The Kier molecular flexibility index (Phi) is 5.23. The lowest BCUT2D eigenvalue weighted by Crippen LogP contribution is -2.51. The fraction of sp³-hybridized carbons (Fsp3) is 0.294. The number of halogens is 2. The van der Waals surface area contributed by atoms with Gasteiger partial charge in [-0.2, -0.15) is 0 Å². The molecule has 1 amide bonds. The van der Waals surface area contributed by atoms with Crippen molar-refractivity contribution in [3.05, 3.63) is 57.8 Å². The largest absolute Gasteiger partial charge is 0.496 e. The predicted octanol–water partition coefficient (Wildman–Crippen LogP) is 2.82. The molecule has 126 valence electrons. The molecule has 5 nitrogen and oxygen atoms in total. The van der Waals surface area contributed by atoms with Gasteiger partial charge >= 0.3 is 0 Å². The van der Waals surface area contributed by atoms with Crippen LogP contribution in [0, 0.1) is 5.92 Å². The van der Waals surface area contributed by atoms with Crippen molar-refractivity contribution in [2.75, 3.05) is 20.2 Å². The molecule has 2 aromatic rings. The highest BCUT2D eigenvalue weighted by Crippen LogP contribution is 2.39. The zero-order chi connectivity index (χ0) is 17.1. The molecule has 7 heteroatoms. The summed E-state index contributed by atoms with van der Waals surface area (Å²) in [6.07, 6.45) is 3.34. The van der Waals surface area contributed by atoms with Crippen molar-refractivity contribution >= 4 is 29.1 Å². The lowest BCUT2D eigenvalue weighted by molar-refractivity contribution is -0.126. The van der Waals surface area contributed by atoms with Gasteiger partial charge in [0, 0.05) is 31.0 Å². The summed E-state index contributed by atoms with van der Waals surface area (Å²) in [7, 11) is 1.56. The lowest BCUT2D eigenvalue weighted by Gasteiger charge is -2.30.